The number of aliphatic hydroxyl groups excluding tert-OH is 1. The van der Waals surface area contributed by atoms with Crippen LogP contribution in [-0.4, -0.2) is 81.9 Å². The third-order valence-electron chi connectivity index (χ3n) is 9.33. The van der Waals surface area contributed by atoms with Gasteiger partial charge in [-0.1, -0.05) is 30.3 Å². The fraction of sp³-hybridized carbons (Fsp3) is 0.515. The molecule has 5 rings (SSSR count). The minimum atomic E-state index is -2.02. The van der Waals surface area contributed by atoms with Gasteiger partial charge in [0.15, 0.2) is 5.60 Å². The van der Waals surface area contributed by atoms with Gasteiger partial charge in [-0.15, -0.1) is 0 Å². The van der Waals surface area contributed by atoms with Crippen LogP contribution in [0.4, 0.5) is 0 Å². The molecule has 1 aromatic carbocycles. The second kappa shape index (κ2) is 11.7. The highest BCUT2D eigenvalue weighted by Crippen LogP contribution is 2.69. The van der Waals surface area contributed by atoms with Crippen molar-refractivity contribution in [2.24, 2.45) is 11.3 Å². The number of furan rings is 1. The molecule has 12 heteroatoms. The highest BCUT2D eigenvalue weighted by molar-refractivity contribution is 5.87. The molecular formula is C33H38O12. The van der Waals surface area contributed by atoms with Crippen molar-refractivity contribution in [3.8, 4) is 0 Å². The van der Waals surface area contributed by atoms with Crippen LogP contribution in [0.5, 0.6) is 0 Å². The lowest BCUT2D eigenvalue weighted by Crippen LogP contribution is -2.83. The van der Waals surface area contributed by atoms with Crippen LogP contribution < -0.4 is 0 Å². The summed E-state index contributed by atoms with van der Waals surface area (Å²) in [5, 5.41) is 24.4. The number of ether oxygens (including phenoxy) is 5. The van der Waals surface area contributed by atoms with Crippen LogP contribution in [-0.2, 0) is 38.1 Å². The summed E-state index contributed by atoms with van der Waals surface area (Å²) in [5.74, 6) is -4.46. The Morgan fingerprint density at radius 1 is 0.956 bits per heavy atom. The molecule has 0 amide bonds. The molecule has 2 aromatic rings. The monoisotopic (exact) mass is 626 g/mol. The predicted octanol–water partition coefficient (Wildman–Crippen LogP) is 2.99. The number of esters is 4. The Morgan fingerprint density at radius 2 is 1.67 bits per heavy atom. The Balaban J connectivity index is 1.71. The summed E-state index contributed by atoms with van der Waals surface area (Å²) in [6.07, 6.45) is -1.89. The van der Waals surface area contributed by atoms with E-state index >= 15 is 0 Å². The molecule has 2 N–H and O–H groups in total. The van der Waals surface area contributed by atoms with Crippen LogP contribution in [0, 0.1) is 11.3 Å². The van der Waals surface area contributed by atoms with Gasteiger partial charge in [-0.25, -0.2) is 9.59 Å². The highest BCUT2D eigenvalue weighted by Gasteiger charge is 2.86. The van der Waals surface area contributed by atoms with Gasteiger partial charge < -0.3 is 38.3 Å². The van der Waals surface area contributed by atoms with Crippen molar-refractivity contribution in [2.45, 2.75) is 88.7 Å². The fourth-order valence-electron chi connectivity index (χ4n) is 7.66. The average molecular weight is 627 g/mol. The zero-order valence-corrected chi connectivity index (χ0v) is 25.8. The standard InChI is InChI=1S/C33H38O12/c1-19(34)41-18-32-23(43-24(36)14-13-21-10-7-6-8-11-21)15-16-31(5,39)33(32)27(42-20(2)35)25(30(3,4)45-33)26(37)28(32)44-29(38)22-12-9-17-40-22/h6-14,17,23,25-28,37,39H,15-16,18H2,1-5H3/b14-13+/t23-,25+,26+,27+,28+,31-,32-,33-/m0/s1. The van der Waals surface area contributed by atoms with Gasteiger partial charge in [0.2, 0.25) is 5.76 Å². The maximum atomic E-state index is 13.4. The molecule has 45 heavy (non-hydrogen) atoms. The molecule has 1 spiro atoms. The number of aliphatic hydroxyl groups is 2. The zero-order valence-electron chi connectivity index (χ0n) is 25.8. The lowest BCUT2D eigenvalue weighted by molar-refractivity contribution is -0.348. The van der Waals surface area contributed by atoms with Gasteiger partial charge in [-0.2, -0.15) is 0 Å². The van der Waals surface area contributed by atoms with Crippen molar-refractivity contribution in [1.82, 2.24) is 0 Å². The minimum absolute atomic E-state index is 0.0231. The fourth-order valence-corrected chi connectivity index (χ4v) is 7.66. The highest BCUT2D eigenvalue weighted by atomic mass is 16.6. The Labute approximate surface area is 260 Å². The number of carbonyl (C=O) groups excluding carboxylic acids is 4. The Hall–Kier alpha value is -4.00. The van der Waals surface area contributed by atoms with Crippen molar-refractivity contribution < 1.29 is 57.5 Å². The Morgan fingerprint density at radius 3 is 2.29 bits per heavy atom. The number of hydrogen-bond acceptors (Lipinski definition) is 12. The van der Waals surface area contributed by atoms with E-state index in [1.54, 1.807) is 44.2 Å². The summed E-state index contributed by atoms with van der Waals surface area (Å²) >= 11 is 0. The number of rotatable bonds is 8. The summed E-state index contributed by atoms with van der Waals surface area (Å²) in [6, 6.07) is 11.9. The molecule has 1 aliphatic heterocycles. The van der Waals surface area contributed by atoms with Crippen LogP contribution in [0.2, 0.25) is 0 Å². The van der Waals surface area contributed by atoms with Crippen molar-refractivity contribution >= 4 is 30.0 Å². The summed E-state index contributed by atoms with van der Waals surface area (Å²) in [7, 11) is 0. The summed E-state index contributed by atoms with van der Waals surface area (Å²) < 4.78 is 35.5. The molecule has 2 heterocycles. The summed E-state index contributed by atoms with van der Waals surface area (Å²) in [5.41, 5.74) is -6.44. The number of hydrogen-bond donors (Lipinski definition) is 2. The van der Waals surface area contributed by atoms with E-state index < -0.39 is 83.0 Å². The third-order valence-corrected chi connectivity index (χ3v) is 9.33. The van der Waals surface area contributed by atoms with Crippen molar-refractivity contribution in [3.05, 3.63) is 66.1 Å². The van der Waals surface area contributed by atoms with Gasteiger partial charge >= 0.3 is 23.9 Å². The molecule has 3 aliphatic rings. The maximum Gasteiger partial charge on any atom is 0.374 e. The van der Waals surface area contributed by atoms with Crippen LogP contribution in [0.1, 0.15) is 63.6 Å². The van der Waals surface area contributed by atoms with Crippen LogP contribution in [0.3, 0.4) is 0 Å². The van der Waals surface area contributed by atoms with Crippen LogP contribution in [0.15, 0.2) is 59.2 Å². The second-order valence-electron chi connectivity index (χ2n) is 12.6. The number of fused-ring (bicyclic) bond motifs is 1. The molecule has 8 atom stereocenters. The molecular weight excluding hydrogens is 588 g/mol. The van der Waals surface area contributed by atoms with Crippen molar-refractivity contribution in [2.75, 3.05) is 6.61 Å². The minimum Gasteiger partial charge on any atom is -0.465 e. The van der Waals surface area contributed by atoms with Crippen molar-refractivity contribution in [3.63, 3.8) is 0 Å². The first kappa shape index (κ1) is 32.4. The lowest BCUT2D eigenvalue weighted by atomic mass is 9.46. The summed E-state index contributed by atoms with van der Waals surface area (Å²) in [4.78, 5) is 51.8. The first-order valence-electron chi connectivity index (χ1n) is 14.8. The van der Waals surface area contributed by atoms with Gasteiger partial charge in [-0.05, 0) is 57.4 Å². The molecule has 0 unspecified atom stereocenters. The van der Waals surface area contributed by atoms with E-state index in [1.165, 1.54) is 38.3 Å². The molecule has 3 fully saturated rings. The molecule has 2 bridgehead atoms. The van der Waals surface area contributed by atoms with Gasteiger partial charge in [-0.3, -0.25) is 9.59 Å². The van der Waals surface area contributed by atoms with Crippen LogP contribution in [0.25, 0.3) is 6.08 Å². The predicted molar refractivity (Wildman–Crippen MR) is 155 cm³/mol. The Bertz CT molecular complexity index is 1460. The molecule has 2 aliphatic carbocycles. The molecule has 1 aromatic heterocycles. The first-order valence-corrected chi connectivity index (χ1v) is 14.8. The topological polar surface area (TPSA) is 168 Å². The van der Waals surface area contributed by atoms with E-state index in [1.807, 2.05) is 6.07 Å². The van der Waals surface area contributed by atoms with E-state index in [-0.39, 0.29) is 18.6 Å². The van der Waals surface area contributed by atoms with Crippen LogP contribution >= 0.6 is 0 Å². The molecule has 2 saturated carbocycles. The third kappa shape index (κ3) is 5.34. The van der Waals surface area contributed by atoms with E-state index in [2.05, 4.69) is 0 Å². The SMILES string of the molecule is CC(=O)OC[C@@]12[C@@H](OC(=O)/C=C/c3ccccc3)CC[C@](C)(O)[C@]13OC(C)(C)[C@H]([C@@H](O)[C@H]2OC(=O)c1ccco1)[C@H]3OC(C)=O. The molecule has 12 nitrogen and oxygen atoms in total. The quantitative estimate of drug-likeness (QED) is 0.250. The van der Waals surface area contributed by atoms with Gasteiger partial charge in [0.25, 0.3) is 0 Å². The second-order valence-corrected chi connectivity index (χ2v) is 12.6. The van der Waals surface area contributed by atoms with Gasteiger partial charge in [0.1, 0.15) is 36.4 Å². The average Bonchev–Trinajstić information content (AvgIpc) is 3.57. The van der Waals surface area contributed by atoms with Gasteiger partial charge in [0, 0.05) is 19.9 Å². The van der Waals surface area contributed by atoms with E-state index in [0.717, 1.165) is 12.5 Å². The lowest BCUT2D eigenvalue weighted by Gasteiger charge is -2.65. The zero-order chi connectivity index (χ0) is 32.8. The maximum absolute atomic E-state index is 13.4. The van der Waals surface area contributed by atoms with E-state index in [0.29, 0.717) is 0 Å². The summed E-state index contributed by atoms with van der Waals surface area (Å²) in [6.45, 7) is 6.45. The Kier molecular flexibility index (Phi) is 8.45. The normalized spacial score (nSPS) is 34.9. The number of carbonyl (C=O) groups is 4. The first-order chi connectivity index (χ1) is 21.2. The molecule has 0 radical (unpaired) electrons. The van der Waals surface area contributed by atoms with Gasteiger partial charge in [0.05, 0.1) is 23.4 Å². The molecule has 1 saturated heterocycles. The molecule has 242 valence electrons. The largest absolute Gasteiger partial charge is 0.465 e. The van der Waals surface area contributed by atoms with E-state index in [4.69, 9.17) is 28.1 Å². The van der Waals surface area contributed by atoms with E-state index in [9.17, 15) is 29.4 Å². The number of benzene rings is 1. The smallest absolute Gasteiger partial charge is 0.374 e. The van der Waals surface area contributed by atoms with Crippen molar-refractivity contribution in [1.29, 1.82) is 0 Å².